The van der Waals surface area contributed by atoms with Gasteiger partial charge in [-0.3, -0.25) is 0 Å². The van der Waals surface area contributed by atoms with Crippen molar-refractivity contribution >= 4 is 5.97 Å². The van der Waals surface area contributed by atoms with E-state index in [1.165, 1.54) is 11.1 Å². The number of rotatable bonds is 3. The molecule has 1 atom stereocenters. The highest BCUT2D eigenvalue weighted by molar-refractivity contribution is 5.89. The van der Waals surface area contributed by atoms with Crippen LogP contribution in [-0.4, -0.2) is 11.1 Å². The number of aromatic carboxylic acids is 1. The Balaban J connectivity index is 2.50. The molecule has 0 aliphatic heterocycles. The van der Waals surface area contributed by atoms with Crippen molar-refractivity contribution in [2.75, 3.05) is 0 Å². The van der Waals surface area contributed by atoms with Gasteiger partial charge in [0.25, 0.3) is 0 Å². The van der Waals surface area contributed by atoms with Gasteiger partial charge in [-0.25, -0.2) is 4.79 Å². The van der Waals surface area contributed by atoms with Gasteiger partial charge in [0.15, 0.2) is 0 Å². The molecule has 0 bridgehead atoms. The van der Waals surface area contributed by atoms with Crippen LogP contribution in [0.4, 0.5) is 0 Å². The Morgan fingerprint density at radius 3 is 2.17 bits per heavy atom. The lowest BCUT2D eigenvalue weighted by Crippen LogP contribution is -2.07. The average Bonchev–Trinajstić information content (AvgIpc) is 2.38. The molecule has 0 unspecified atom stereocenters. The molecule has 1 N–H and O–H groups in total. The minimum Gasteiger partial charge on any atom is -0.478 e. The lowest BCUT2D eigenvalue weighted by molar-refractivity contribution is 0.0695. The van der Waals surface area contributed by atoms with E-state index in [-0.39, 0.29) is 5.92 Å². The van der Waals surface area contributed by atoms with Gasteiger partial charge in [0.05, 0.1) is 5.56 Å². The summed E-state index contributed by atoms with van der Waals surface area (Å²) < 4.78 is 0. The van der Waals surface area contributed by atoms with E-state index < -0.39 is 5.97 Å². The molecule has 18 heavy (non-hydrogen) atoms. The van der Waals surface area contributed by atoms with Gasteiger partial charge in [0.2, 0.25) is 0 Å². The monoisotopic (exact) mass is 240 g/mol. The highest BCUT2D eigenvalue weighted by Crippen LogP contribution is 2.28. The largest absolute Gasteiger partial charge is 0.478 e. The third kappa shape index (κ3) is 2.28. The molecule has 0 fully saturated rings. The number of hydrogen-bond acceptors (Lipinski definition) is 1. The molecule has 2 heteroatoms. The lowest BCUT2D eigenvalue weighted by atomic mass is 9.87. The van der Waals surface area contributed by atoms with Gasteiger partial charge in [-0.2, -0.15) is 0 Å². The fourth-order valence-electron chi connectivity index (χ4n) is 2.31. The second-order valence-electron chi connectivity index (χ2n) is 4.47. The second kappa shape index (κ2) is 5.05. The number of aryl methyl sites for hydroxylation is 1. The SMILES string of the molecule is Cc1ccccc1[C@@H](C)c1ccccc1C(=O)O. The third-order valence-electron chi connectivity index (χ3n) is 3.31. The summed E-state index contributed by atoms with van der Waals surface area (Å²) in [5.74, 6) is -0.787. The molecule has 2 rings (SSSR count). The third-order valence-corrected chi connectivity index (χ3v) is 3.31. The fourth-order valence-corrected chi connectivity index (χ4v) is 2.31. The van der Waals surface area contributed by atoms with Crippen molar-refractivity contribution in [1.82, 2.24) is 0 Å². The van der Waals surface area contributed by atoms with Crippen molar-refractivity contribution in [2.24, 2.45) is 0 Å². The molecule has 0 saturated carbocycles. The van der Waals surface area contributed by atoms with E-state index >= 15 is 0 Å². The summed E-state index contributed by atoms with van der Waals surface area (Å²) in [5.41, 5.74) is 3.60. The Morgan fingerprint density at radius 1 is 1.00 bits per heavy atom. The Hall–Kier alpha value is -2.09. The fraction of sp³-hybridized carbons (Fsp3) is 0.188. The van der Waals surface area contributed by atoms with Gasteiger partial charge in [-0.05, 0) is 29.7 Å². The van der Waals surface area contributed by atoms with Gasteiger partial charge in [0.1, 0.15) is 0 Å². The van der Waals surface area contributed by atoms with E-state index in [4.69, 9.17) is 0 Å². The maximum Gasteiger partial charge on any atom is 0.335 e. The van der Waals surface area contributed by atoms with Crippen LogP contribution in [0.2, 0.25) is 0 Å². The molecular formula is C16H16O2. The molecule has 2 nitrogen and oxygen atoms in total. The van der Waals surface area contributed by atoms with Crippen molar-refractivity contribution in [3.63, 3.8) is 0 Å². The number of carboxylic acids is 1. The summed E-state index contributed by atoms with van der Waals surface area (Å²) in [6, 6.07) is 15.3. The number of carbonyl (C=O) groups is 1. The molecule has 0 radical (unpaired) electrons. The minimum atomic E-state index is -0.869. The normalized spacial score (nSPS) is 12.1. The molecule has 0 aliphatic carbocycles. The molecule has 0 saturated heterocycles. The van der Waals surface area contributed by atoms with Crippen molar-refractivity contribution in [3.05, 3.63) is 70.8 Å². The predicted octanol–water partition coefficient (Wildman–Crippen LogP) is 3.85. The van der Waals surface area contributed by atoms with Crippen LogP contribution in [0.25, 0.3) is 0 Å². The average molecular weight is 240 g/mol. The number of benzene rings is 2. The van der Waals surface area contributed by atoms with E-state index in [0.29, 0.717) is 5.56 Å². The highest BCUT2D eigenvalue weighted by Gasteiger charge is 2.17. The Bertz CT molecular complexity index is 573. The van der Waals surface area contributed by atoms with Crippen LogP contribution < -0.4 is 0 Å². The Kier molecular flexibility index (Phi) is 3.47. The number of carboxylic acid groups (broad SMARTS) is 1. The molecule has 92 valence electrons. The van der Waals surface area contributed by atoms with E-state index in [2.05, 4.69) is 19.1 Å². The lowest BCUT2D eigenvalue weighted by Gasteiger charge is -2.17. The van der Waals surface area contributed by atoms with Crippen LogP contribution in [-0.2, 0) is 0 Å². The Morgan fingerprint density at radius 2 is 1.56 bits per heavy atom. The van der Waals surface area contributed by atoms with Crippen molar-refractivity contribution in [1.29, 1.82) is 0 Å². The molecule has 0 spiro atoms. The summed E-state index contributed by atoms with van der Waals surface area (Å²) in [5, 5.41) is 9.23. The van der Waals surface area contributed by atoms with Gasteiger partial charge in [-0.15, -0.1) is 0 Å². The van der Waals surface area contributed by atoms with Crippen LogP contribution in [0, 0.1) is 6.92 Å². The number of hydrogen-bond donors (Lipinski definition) is 1. The van der Waals surface area contributed by atoms with Crippen molar-refractivity contribution in [2.45, 2.75) is 19.8 Å². The molecular weight excluding hydrogens is 224 g/mol. The van der Waals surface area contributed by atoms with Crippen LogP contribution >= 0.6 is 0 Å². The van der Waals surface area contributed by atoms with Crippen molar-refractivity contribution < 1.29 is 9.90 Å². The van der Waals surface area contributed by atoms with Gasteiger partial charge < -0.3 is 5.11 Å². The second-order valence-corrected chi connectivity index (χ2v) is 4.47. The Labute approximate surface area is 107 Å². The van der Waals surface area contributed by atoms with Crippen LogP contribution in [0.15, 0.2) is 48.5 Å². The van der Waals surface area contributed by atoms with Gasteiger partial charge >= 0.3 is 5.97 Å². The zero-order valence-electron chi connectivity index (χ0n) is 10.6. The summed E-state index contributed by atoms with van der Waals surface area (Å²) in [7, 11) is 0. The first-order valence-electron chi connectivity index (χ1n) is 5.99. The van der Waals surface area contributed by atoms with Crippen LogP contribution in [0.5, 0.6) is 0 Å². The van der Waals surface area contributed by atoms with Crippen LogP contribution in [0.3, 0.4) is 0 Å². The smallest absolute Gasteiger partial charge is 0.335 e. The maximum atomic E-state index is 11.2. The predicted molar refractivity (Wildman–Crippen MR) is 72.1 cm³/mol. The molecule has 2 aromatic rings. The van der Waals surface area contributed by atoms with E-state index in [0.717, 1.165) is 5.56 Å². The minimum absolute atomic E-state index is 0.0819. The first-order chi connectivity index (χ1) is 8.61. The standard InChI is InChI=1S/C16H16O2/c1-11-7-3-4-8-13(11)12(2)14-9-5-6-10-15(14)16(17)18/h3-10,12H,1-2H3,(H,17,18)/t12-/m1/s1. The summed E-state index contributed by atoms with van der Waals surface area (Å²) in [4.78, 5) is 11.2. The first-order valence-corrected chi connectivity index (χ1v) is 5.99. The quantitative estimate of drug-likeness (QED) is 0.884. The van der Waals surface area contributed by atoms with E-state index in [1.54, 1.807) is 12.1 Å². The zero-order chi connectivity index (χ0) is 13.1. The first kappa shape index (κ1) is 12.4. The molecule has 2 aromatic carbocycles. The molecule has 0 amide bonds. The van der Waals surface area contributed by atoms with E-state index in [9.17, 15) is 9.90 Å². The van der Waals surface area contributed by atoms with Crippen molar-refractivity contribution in [3.8, 4) is 0 Å². The molecule has 0 aliphatic rings. The van der Waals surface area contributed by atoms with Crippen LogP contribution in [0.1, 0.15) is 39.9 Å². The maximum absolute atomic E-state index is 11.2. The summed E-state index contributed by atoms with van der Waals surface area (Å²) in [6.07, 6.45) is 0. The van der Waals surface area contributed by atoms with E-state index in [1.807, 2.05) is 31.2 Å². The highest BCUT2D eigenvalue weighted by atomic mass is 16.4. The van der Waals surface area contributed by atoms with Gasteiger partial charge in [-0.1, -0.05) is 49.4 Å². The molecule has 0 aromatic heterocycles. The molecule has 0 heterocycles. The topological polar surface area (TPSA) is 37.3 Å². The zero-order valence-corrected chi connectivity index (χ0v) is 10.6. The summed E-state index contributed by atoms with van der Waals surface area (Å²) >= 11 is 0. The summed E-state index contributed by atoms with van der Waals surface area (Å²) in [6.45, 7) is 4.10. The van der Waals surface area contributed by atoms with Gasteiger partial charge in [0, 0.05) is 5.92 Å².